The van der Waals surface area contributed by atoms with Gasteiger partial charge in [0.05, 0.1) is 11.7 Å². The summed E-state index contributed by atoms with van der Waals surface area (Å²) >= 11 is 0. The highest BCUT2D eigenvalue weighted by Gasteiger charge is 2.36. The van der Waals surface area contributed by atoms with Crippen molar-refractivity contribution >= 4 is 17.3 Å². The van der Waals surface area contributed by atoms with Crippen LogP contribution in [0.3, 0.4) is 0 Å². The Morgan fingerprint density at radius 1 is 0.852 bits per heavy atom. The SMILES string of the molecule is CC(C)Oc1ccc(N(c2ccccc2)C2OC(=O)c3ccccc32)cc1. The van der Waals surface area contributed by atoms with Crippen LogP contribution in [0.2, 0.25) is 0 Å². The average Bonchev–Trinajstić information content (AvgIpc) is 3.01. The molecule has 1 aliphatic heterocycles. The van der Waals surface area contributed by atoms with Gasteiger partial charge < -0.3 is 14.4 Å². The Morgan fingerprint density at radius 2 is 1.48 bits per heavy atom. The number of anilines is 2. The topological polar surface area (TPSA) is 38.8 Å². The van der Waals surface area contributed by atoms with Gasteiger partial charge in [0, 0.05) is 16.9 Å². The summed E-state index contributed by atoms with van der Waals surface area (Å²) in [5.41, 5.74) is 3.35. The minimum absolute atomic E-state index is 0.115. The fourth-order valence-electron chi connectivity index (χ4n) is 3.28. The van der Waals surface area contributed by atoms with Gasteiger partial charge in [0.15, 0.2) is 0 Å². The van der Waals surface area contributed by atoms with Crippen LogP contribution in [-0.4, -0.2) is 12.1 Å². The van der Waals surface area contributed by atoms with Gasteiger partial charge in [0.2, 0.25) is 6.23 Å². The van der Waals surface area contributed by atoms with Gasteiger partial charge in [-0.2, -0.15) is 0 Å². The number of hydrogen-bond donors (Lipinski definition) is 0. The second-order valence-electron chi connectivity index (χ2n) is 6.71. The predicted molar refractivity (Wildman–Crippen MR) is 105 cm³/mol. The van der Waals surface area contributed by atoms with E-state index in [-0.39, 0.29) is 12.1 Å². The van der Waals surface area contributed by atoms with E-state index in [9.17, 15) is 4.79 Å². The van der Waals surface area contributed by atoms with E-state index in [0.29, 0.717) is 5.56 Å². The number of hydrogen-bond acceptors (Lipinski definition) is 4. The zero-order valence-corrected chi connectivity index (χ0v) is 15.3. The van der Waals surface area contributed by atoms with Crippen LogP contribution in [0.4, 0.5) is 11.4 Å². The molecule has 4 rings (SSSR count). The van der Waals surface area contributed by atoms with Gasteiger partial charge in [0.1, 0.15) is 5.75 Å². The monoisotopic (exact) mass is 359 g/mol. The second kappa shape index (κ2) is 7.16. The largest absolute Gasteiger partial charge is 0.491 e. The zero-order chi connectivity index (χ0) is 18.8. The normalized spacial score (nSPS) is 15.4. The molecule has 27 heavy (non-hydrogen) atoms. The van der Waals surface area contributed by atoms with Gasteiger partial charge >= 0.3 is 5.97 Å². The highest BCUT2D eigenvalue weighted by atomic mass is 16.6. The first-order valence-electron chi connectivity index (χ1n) is 9.04. The molecule has 0 aromatic heterocycles. The van der Waals surface area contributed by atoms with Crippen LogP contribution in [0.25, 0.3) is 0 Å². The smallest absolute Gasteiger partial charge is 0.340 e. The van der Waals surface area contributed by atoms with Crippen molar-refractivity contribution in [3.8, 4) is 5.75 Å². The molecule has 0 saturated heterocycles. The Kier molecular flexibility index (Phi) is 4.55. The van der Waals surface area contributed by atoms with Crippen LogP contribution in [0.1, 0.15) is 36.0 Å². The van der Waals surface area contributed by atoms with E-state index in [1.165, 1.54) is 0 Å². The molecule has 0 saturated carbocycles. The molecule has 3 aromatic carbocycles. The van der Waals surface area contributed by atoms with Crippen LogP contribution in [0.15, 0.2) is 78.9 Å². The van der Waals surface area contributed by atoms with Crippen LogP contribution < -0.4 is 9.64 Å². The van der Waals surface area contributed by atoms with E-state index < -0.39 is 6.23 Å². The summed E-state index contributed by atoms with van der Waals surface area (Å²) in [7, 11) is 0. The number of carbonyl (C=O) groups is 1. The third-order valence-corrected chi connectivity index (χ3v) is 4.42. The molecule has 3 aromatic rings. The van der Waals surface area contributed by atoms with Crippen molar-refractivity contribution < 1.29 is 14.3 Å². The number of nitrogens with zero attached hydrogens (tertiary/aromatic N) is 1. The maximum Gasteiger partial charge on any atom is 0.340 e. The van der Waals surface area contributed by atoms with Crippen molar-refractivity contribution in [2.45, 2.75) is 26.2 Å². The number of carbonyl (C=O) groups excluding carboxylic acids is 1. The molecule has 1 aliphatic rings. The summed E-state index contributed by atoms with van der Waals surface area (Å²) < 4.78 is 11.5. The first-order valence-corrected chi connectivity index (χ1v) is 9.04. The van der Waals surface area contributed by atoms with Gasteiger partial charge in [0.25, 0.3) is 0 Å². The number of para-hydroxylation sites is 1. The molecule has 0 aliphatic carbocycles. The Labute approximate surface area is 159 Å². The van der Waals surface area contributed by atoms with Crippen molar-refractivity contribution in [3.63, 3.8) is 0 Å². The first-order chi connectivity index (χ1) is 13.1. The van der Waals surface area contributed by atoms with E-state index >= 15 is 0 Å². The first kappa shape index (κ1) is 17.2. The number of ether oxygens (including phenoxy) is 2. The van der Waals surface area contributed by atoms with Crippen molar-refractivity contribution in [3.05, 3.63) is 90.0 Å². The quantitative estimate of drug-likeness (QED) is 0.565. The van der Waals surface area contributed by atoms with Crippen LogP contribution >= 0.6 is 0 Å². The van der Waals surface area contributed by atoms with Crippen LogP contribution in [0, 0.1) is 0 Å². The van der Waals surface area contributed by atoms with E-state index in [1.54, 1.807) is 6.07 Å². The maximum absolute atomic E-state index is 12.3. The van der Waals surface area contributed by atoms with E-state index in [4.69, 9.17) is 9.47 Å². The van der Waals surface area contributed by atoms with Crippen LogP contribution in [-0.2, 0) is 4.74 Å². The Hall–Kier alpha value is -3.27. The zero-order valence-electron chi connectivity index (χ0n) is 15.3. The molecule has 0 amide bonds. The molecule has 0 N–H and O–H groups in total. The Bertz CT molecular complexity index is 935. The third-order valence-electron chi connectivity index (χ3n) is 4.42. The molecule has 0 fully saturated rings. The summed E-state index contributed by atoms with van der Waals surface area (Å²) in [6, 6.07) is 25.3. The maximum atomic E-state index is 12.3. The number of benzene rings is 3. The second-order valence-corrected chi connectivity index (χ2v) is 6.71. The molecule has 136 valence electrons. The summed E-state index contributed by atoms with van der Waals surface area (Å²) in [6.45, 7) is 4.00. The molecule has 1 unspecified atom stereocenters. The lowest BCUT2D eigenvalue weighted by molar-refractivity contribution is 0.0399. The molecule has 1 heterocycles. The van der Waals surface area contributed by atoms with Crippen molar-refractivity contribution in [2.75, 3.05) is 4.90 Å². The Morgan fingerprint density at radius 3 is 2.19 bits per heavy atom. The molecule has 0 bridgehead atoms. The summed E-state index contributed by atoms with van der Waals surface area (Å²) in [5, 5.41) is 0. The lowest BCUT2D eigenvalue weighted by Crippen LogP contribution is -2.23. The van der Waals surface area contributed by atoms with Gasteiger partial charge in [-0.25, -0.2) is 4.79 Å². The summed E-state index contributed by atoms with van der Waals surface area (Å²) in [5.74, 6) is 0.516. The lowest BCUT2D eigenvalue weighted by atomic mass is 10.1. The van der Waals surface area contributed by atoms with E-state index in [2.05, 4.69) is 0 Å². The minimum Gasteiger partial charge on any atom is -0.491 e. The van der Waals surface area contributed by atoms with Gasteiger partial charge in [-0.1, -0.05) is 36.4 Å². The molecular weight excluding hydrogens is 338 g/mol. The summed E-state index contributed by atoms with van der Waals surface area (Å²) in [4.78, 5) is 14.4. The minimum atomic E-state index is -0.507. The third kappa shape index (κ3) is 3.38. The predicted octanol–water partition coefficient (Wildman–Crippen LogP) is 5.48. The van der Waals surface area contributed by atoms with E-state index in [0.717, 1.165) is 22.7 Å². The Balaban J connectivity index is 1.76. The van der Waals surface area contributed by atoms with Crippen molar-refractivity contribution in [1.82, 2.24) is 0 Å². The van der Waals surface area contributed by atoms with Gasteiger partial charge in [-0.15, -0.1) is 0 Å². The summed E-state index contributed by atoms with van der Waals surface area (Å²) in [6.07, 6.45) is -0.392. The van der Waals surface area contributed by atoms with Crippen molar-refractivity contribution in [2.24, 2.45) is 0 Å². The number of esters is 1. The van der Waals surface area contributed by atoms with E-state index in [1.807, 2.05) is 91.5 Å². The van der Waals surface area contributed by atoms with Crippen LogP contribution in [0.5, 0.6) is 5.75 Å². The molecule has 4 heteroatoms. The standard InChI is InChI=1S/C23H21NO3/c1-16(2)26-19-14-12-18(13-15-19)24(17-8-4-3-5-9-17)22-20-10-6-7-11-21(20)23(25)27-22/h3-16,22H,1-2H3. The molecular formula is C23H21NO3. The van der Waals surface area contributed by atoms with Crippen molar-refractivity contribution in [1.29, 1.82) is 0 Å². The highest BCUT2D eigenvalue weighted by Crippen LogP contribution is 2.41. The molecule has 1 atom stereocenters. The number of rotatable bonds is 5. The lowest BCUT2D eigenvalue weighted by Gasteiger charge is -2.30. The number of cyclic esters (lactones) is 1. The highest BCUT2D eigenvalue weighted by molar-refractivity contribution is 5.94. The molecule has 0 radical (unpaired) electrons. The average molecular weight is 359 g/mol. The van der Waals surface area contributed by atoms with Gasteiger partial charge in [-0.05, 0) is 56.3 Å². The fourth-order valence-corrected chi connectivity index (χ4v) is 3.28. The fraction of sp³-hybridized carbons (Fsp3) is 0.174. The van der Waals surface area contributed by atoms with Gasteiger partial charge in [-0.3, -0.25) is 0 Å². The molecule has 0 spiro atoms. The molecule has 4 nitrogen and oxygen atoms in total. The number of fused-ring (bicyclic) bond motifs is 1.